The molecule has 1 aromatic carbocycles. The van der Waals surface area contributed by atoms with Crippen LogP contribution in [-0.4, -0.2) is 49.6 Å². The van der Waals surface area contributed by atoms with Crippen molar-refractivity contribution >= 4 is 5.91 Å². The number of hydrogen-bond donors (Lipinski definition) is 0. The van der Waals surface area contributed by atoms with E-state index in [2.05, 4.69) is 0 Å². The van der Waals surface area contributed by atoms with E-state index >= 15 is 0 Å². The van der Waals surface area contributed by atoms with Gasteiger partial charge in [-0.15, -0.1) is 0 Å². The van der Waals surface area contributed by atoms with Crippen LogP contribution < -0.4 is 0 Å². The summed E-state index contributed by atoms with van der Waals surface area (Å²) in [7, 11) is 3.93. The summed E-state index contributed by atoms with van der Waals surface area (Å²) < 4.78 is 12.6. The first-order valence-corrected chi connectivity index (χ1v) is 7.17. The number of hydrogen-bond acceptors (Lipinski definition) is 2. The lowest BCUT2D eigenvalue weighted by molar-refractivity contribution is 0.0686. The van der Waals surface area contributed by atoms with E-state index in [0.717, 1.165) is 23.2 Å². The van der Waals surface area contributed by atoms with E-state index in [4.69, 9.17) is 0 Å². The zero-order chi connectivity index (χ0) is 15.3. The van der Waals surface area contributed by atoms with Crippen molar-refractivity contribution in [2.75, 3.05) is 33.9 Å². The molecule has 0 radical (unpaired) electrons. The normalized spacial score (nSPS) is 17.1. The fourth-order valence-electron chi connectivity index (χ4n) is 2.60. The van der Waals surface area contributed by atoms with Crippen molar-refractivity contribution < 1.29 is 9.18 Å². The first kappa shape index (κ1) is 16.6. The van der Waals surface area contributed by atoms with Gasteiger partial charge in [0.1, 0.15) is 6.67 Å². The quantitative estimate of drug-likeness (QED) is 0.846. The zero-order valence-electron chi connectivity index (χ0n) is 13.1. The Bertz CT molecular complexity index is 460. The lowest BCUT2D eigenvalue weighted by Gasteiger charge is -2.26. The van der Waals surface area contributed by atoms with Gasteiger partial charge in [0.2, 0.25) is 0 Å². The van der Waals surface area contributed by atoms with Gasteiger partial charge in [0, 0.05) is 12.1 Å². The highest BCUT2D eigenvalue weighted by atomic mass is 19.1. The lowest BCUT2D eigenvalue weighted by atomic mass is 10.0. The fraction of sp³-hybridized carbons (Fsp3) is 0.562. The predicted molar refractivity (Wildman–Crippen MR) is 80.8 cm³/mol. The van der Waals surface area contributed by atoms with Crippen molar-refractivity contribution in [2.45, 2.75) is 26.8 Å². The Morgan fingerprint density at radius 2 is 1.95 bits per heavy atom. The first-order chi connectivity index (χ1) is 9.56. The Kier molecular flexibility index (Phi) is 6.14. The maximum Gasteiger partial charge on any atom is 0.255 e. The molecule has 0 N–H and O–H groups in total. The predicted octanol–water partition coefficient (Wildman–Crippen LogP) is 3.05. The third-order valence-corrected chi connectivity index (χ3v) is 3.38. The van der Waals surface area contributed by atoms with Gasteiger partial charge in [-0.2, -0.15) is 0 Å². The van der Waals surface area contributed by atoms with E-state index in [1.807, 2.05) is 58.0 Å². The number of halogens is 1. The summed E-state index contributed by atoms with van der Waals surface area (Å²) in [6, 6.07) is 5.84. The van der Waals surface area contributed by atoms with E-state index < -0.39 is 6.67 Å². The van der Waals surface area contributed by atoms with E-state index in [9.17, 15) is 9.18 Å². The van der Waals surface area contributed by atoms with Crippen LogP contribution >= 0.6 is 0 Å². The van der Waals surface area contributed by atoms with Crippen LogP contribution in [0.4, 0.5) is 4.39 Å². The van der Waals surface area contributed by atoms with Crippen LogP contribution in [0.1, 0.15) is 41.4 Å². The van der Waals surface area contributed by atoms with Crippen LogP contribution in [0.25, 0.3) is 0 Å². The second kappa shape index (κ2) is 7.39. The molecule has 0 bridgehead atoms. The lowest BCUT2D eigenvalue weighted by Crippen LogP contribution is -2.35. The number of aryl methyl sites for hydroxylation is 1. The molecule has 1 unspecified atom stereocenters. The Morgan fingerprint density at radius 1 is 1.30 bits per heavy atom. The molecule has 1 amide bonds. The minimum absolute atomic E-state index is 0.0295. The highest BCUT2D eigenvalue weighted by Crippen LogP contribution is 2.35. The molecule has 0 fully saturated rings. The van der Waals surface area contributed by atoms with Gasteiger partial charge in [-0.1, -0.05) is 32.0 Å². The monoisotopic (exact) mass is 280 g/mol. The van der Waals surface area contributed by atoms with E-state index in [1.165, 1.54) is 0 Å². The molecule has 2 rings (SSSR count). The van der Waals surface area contributed by atoms with Gasteiger partial charge in [-0.25, -0.2) is 4.39 Å². The standard InChI is InChI=1S/C14H19FN2O.C2H6/c1-10-5-4-6-11-12(9-16(2)3)17(8-7-15)14(18)13(10)11;1-2/h4-6,12H,7-9H2,1-3H3;1-2H3. The number of nitrogens with zero attached hydrogens (tertiary/aromatic N) is 2. The molecule has 1 aliphatic heterocycles. The zero-order valence-corrected chi connectivity index (χ0v) is 13.1. The number of carbonyl (C=O) groups excluding carboxylic acids is 1. The highest BCUT2D eigenvalue weighted by molar-refractivity contribution is 6.00. The molecule has 1 atom stereocenters. The summed E-state index contributed by atoms with van der Waals surface area (Å²) >= 11 is 0. The number of amides is 1. The number of benzene rings is 1. The van der Waals surface area contributed by atoms with Crippen molar-refractivity contribution in [3.63, 3.8) is 0 Å². The van der Waals surface area contributed by atoms with Crippen molar-refractivity contribution in [2.24, 2.45) is 0 Å². The maximum atomic E-state index is 12.6. The molecule has 1 aromatic rings. The second-order valence-corrected chi connectivity index (χ2v) is 5.00. The summed E-state index contributed by atoms with van der Waals surface area (Å²) in [5.74, 6) is -0.0346. The van der Waals surface area contributed by atoms with E-state index in [-0.39, 0.29) is 18.5 Å². The van der Waals surface area contributed by atoms with Crippen LogP contribution in [0.5, 0.6) is 0 Å². The van der Waals surface area contributed by atoms with Gasteiger partial charge >= 0.3 is 0 Å². The molecule has 112 valence electrons. The largest absolute Gasteiger partial charge is 0.328 e. The molecule has 0 saturated carbocycles. The number of alkyl halides is 1. The number of carbonyl (C=O) groups is 1. The van der Waals surface area contributed by atoms with Crippen molar-refractivity contribution in [3.05, 3.63) is 34.9 Å². The third kappa shape index (κ3) is 3.18. The minimum atomic E-state index is -0.497. The molecule has 4 heteroatoms. The van der Waals surface area contributed by atoms with Crippen LogP contribution in [0.15, 0.2) is 18.2 Å². The molecule has 0 aromatic heterocycles. The average molecular weight is 280 g/mol. The first-order valence-electron chi connectivity index (χ1n) is 7.17. The number of rotatable bonds is 4. The van der Waals surface area contributed by atoms with Crippen LogP contribution in [0.3, 0.4) is 0 Å². The number of fused-ring (bicyclic) bond motifs is 1. The van der Waals surface area contributed by atoms with Crippen molar-refractivity contribution in [1.29, 1.82) is 0 Å². The van der Waals surface area contributed by atoms with E-state index in [1.54, 1.807) is 4.90 Å². The Morgan fingerprint density at radius 3 is 2.50 bits per heavy atom. The summed E-state index contributed by atoms with van der Waals surface area (Å²) in [4.78, 5) is 16.0. The summed E-state index contributed by atoms with van der Waals surface area (Å²) in [6.45, 7) is 6.33. The number of likely N-dealkylation sites (N-methyl/N-ethyl adjacent to an activating group) is 1. The molecule has 0 spiro atoms. The molecular weight excluding hydrogens is 255 g/mol. The molecule has 20 heavy (non-hydrogen) atoms. The van der Waals surface area contributed by atoms with E-state index in [0.29, 0.717) is 0 Å². The van der Waals surface area contributed by atoms with Crippen molar-refractivity contribution in [3.8, 4) is 0 Å². The molecule has 0 aliphatic carbocycles. The molecular formula is C16H25FN2O. The average Bonchev–Trinajstić information content (AvgIpc) is 2.68. The van der Waals surface area contributed by atoms with Crippen LogP contribution in [0.2, 0.25) is 0 Å². The third-order valence-electron chi connectivity index (χ3n) is 3.38. The van der Waals surface area contributed by atoms with Gasteiger partial charge in [-0.3, -0.25) is 4.79 Å². The molecule has 1 aliphatic rings. The van der Waals surface area contributed by atoms with Gasteiger partial charge in [0.25, 0.3) is 5.91 Å². The smallest absolute Gasteiger partial charge is 0.255 e. The summed E-state index contributed by atoms with van der Waals surface area (Å²) in [5, 5.41) is 0. The fourth-order valence-corrected chi connectivity index (χ4v) is 2.60. The van der Waals surface area contributed by atoms with Gasteiger partial charge in [0.05, 0.1) is 12.6 Å². The van der Waals surface area contributed by atoms with Crippen molar-refractivity contribution in [1.82, 2.24) is 9.80 Å². The van der Waals surface area contributed by atoms with Crippen LogP contribution in [0, 0.1) is 6.92 Å². The minimum Gasteiger partial charge on any atom is -0.328 e. The van der Waals surface area contributed by atoms with Gasteiger partial charge < -0.3 is 9.80 Å². The van der Waals surface area contributed by atoms with Gasteiger partial charge in [0.15, 0.2) is 0 Å². The summed E-state index contributed by atoms with van der Waals surface area (Å²) in [6.07, 6.45) is 0. The topological polar surface area (TPSA) is 23.6 Å². The summed E-state index contributed by atoms with van der Waals surface area (Å²) in [5.41, 5.74) is 2.77. The second-order valence-electron chi connectivity index (χ2n) is 5.00. The maximum absolute atomic E-state index is 12.6. The Balaban J connectivity index is 0.000000956. The molecule has 0 saturated heterocycles. The molecule has 3 nitrogen and oxygen atoms in total. The highest BCUT2D eigenvalue weighted by Gasteiger charge is 2.37. The van der Waals surface area contributed by atoms with Gasteiger partial charge in [-0.05, 0) is 32.1 Å². The Labute approximate surface area is 121 Å². The SMILES string of the molecule is CC.Cc1cccc2c1C(=O)N(CCF)C2CN(C)C. The molecule has 1 heterocycles. The Hall–Kier alpha value is -1.42. The van der Waals surface area contributed by atoms with Crippen LogP contribution in [-0.2, 0) is 0 Å².